The summed E-state index contributed by atoms with van der Waals surface area (Å²) in [5, 5.41) is 1.98. The molecule has 2 rings (SSSR count). The Morgan fingerprint density at radius 2 is 1.05 bits per heavy atom. The van der Waals surface area contributed by atoms with Crippen molar-refractivity contribution in [2.75, 3.05) is 0 Å². The third kappa shape index (κ3) is 2.77. The Labute approximate surface area is 147 Å². The molecule has 0 bridgehead atoms. The number of rotatable bonds is 2. The van der Waals surface area contributed by atoms with E-state index in [4.69, 9.17) is 23.2 Å². The second-order valence-electron chi connectivity index (χ2n) is 6.35. The van der Waals surface area contributed by atoms with Crippen molar-refractivity contribution in [3.05, 3.63) is 43.5 Å². The Hall–Kier alpha value is 0.254. The fraction of sp³-hybridized carbons (Fsp3) is 0.529. The minimum Gasteiger partial charge on any atom is -0.0885 e. The predicted molar refractivity (Wildman–Crippen MR) is 85.5 cm³/mol. The maximum atomic E-state index is 6.35. The number of allylic oxidation sites excluding steroid dienone is 8. The molecule has 0 saturated carbocycles. The molecule has 0 saturated heterocycles. The van der Waals surface area contributed by atoms with E-state index < -0.39 is 0 Å². The van der Waals surface area contributed by atoms with Crippen LogP contribution in [0.15, 0.2) is 43.5 Å². The molecule has 0 spiro atoms. The van der Waals surface area contributed by atoms with Crippen LogP contribution in [0.4, 0.5) is 0 Å². The maximum Gasteiger partial charge on any atom is 0.0253 e. The van der Waals surface area contributed by atoms with Gasteiger partial charge in [0.2, 0.25) is 0 Å². The van der Waals surface area contributed by atoms with E-state index in [1.54, 1.807) is 0 Å². The summed E-state index contributed by atoms with van der Waals surface area (Å²) in [6.07, 6.45) is 1.80. The zero-order chi connectivity index (χ0) is 14.5. The van der Waals surface area contributed by atoms with Crippen LogP contribution in [0.5, 0.6) is 0 Å². The average Bonchev–Trinajstić information content (AvgIpc) is 2.66. The molecule has 0 nitrogen and oxygen atoms in total. The summed E-state index contributed by atoms with van der Waals surface area (Å²) in [6.45, 7) is 13.3. The van der Waals surface area contributed by atoms with E-state index in [0.29, 0.717) is 0 Å². The molecule has 0 atom stereocenters. The van der Waals surface area contributed by atoms with Gasteiger partial charge in [0, 0.05) is 50.0 Å². The zero-order valence-corrected chi connectivity index (χ0v) is 16.2. The summed E-state index contributed by atoms with van der Waals surface area (Å²) in [7, 11) is 0. The summed E-state index contributed by atoms with van der Waals surface area (Å²) in [4.78, 5) is 0. The van der Waals surface area contributed by atoms with Crippen molar-refractivity contribution in [1.29, 1.82) is 0 Å². The van der Waals surface area contributed by atoms with Crippen LogP contribution in [-0.2, 0) is 21.7 Å². The van der Waals surface area contributed by atoms with Gasteiger partial charge in [0.1, 0.15) is 0 Å². The van der Waals surface area contributed by atoms with E-state index >= 15 is 0 Å². The summed E-state index contributed by atoms with van der Waals surface area (Å²) in [6, 6.07) is 0. The third-order valence-corrected chi connectivity index (χ3v) is 5.34. The Kier molecular flexibility index (Phi) is 5.64. The van der Waals surface area contributed by atoms with Crippen LogP contribution in [0.2, 0.25) is 0 Å². The fourth-order valence-corrected chi connectivity index (χ4v) is 4.54. The van der Waals surface area contributed by atoms with E-state index in [-0.39, 0.29) is 27.1 Å². The van der Waals surface area contributed by atoms with Gasteiger partial charge in [-0.15, -0.1) is 0 Å². The molecule has 3 heteroatoms. The Morgan fingerprint density at radius 3 is 1.25 bits per heavy atom. The SMILES string of the molecule is CC1=C(C(C)(C)C2=C(C)CC(Cl)=C2C)C(C)=C(Cl)C1.[Ti]. The molecule has 0 unspecified atom stereocenters. The molecule has 108 valence electrons. The first-order valence-corrected chi connectivity index (χ1v) is 7.55. The van der Waals surface area contributed by atoms with Crippen molar-refractivity contribution >= 4 is 23.2 Å². The normalized spacial score (nSPS) is 20.4. The van der Waals surface area contributed by atoms with Gasteiger partial charge in [-0.05, 0) is 50.0 Å². The predicted octanol–water partition coefficient (Wildman–Crippen LogP) is 6.48. The minimum atomic E-state index is -0.0182. The van der Waals surface area contributed by atoms with Crippen LogP contribution in [-0.4, -0.2) is 0 Å². The second-order valence-corrected chi connectivity index (χ2v) is 7.26. The summed E-state index contributed by atoms with van der Waals surface area (Å²) >= 11 is 12.7. The molecule has 0 fully saturated rings. The van der Waals surface area contributed by atoms with Gasteiger partial charge in [-0.25, -0.2) is 0 Å². The topological polar surface area (TPSA) is 0 Å². The van der Waals surface area contributed by atoms with Gasteiger partial charge in [-0.2, -0.15) is 0 Å². The van der Waals surface area contributed by atoms with Crippen molar-refractivity contribution in [2.45, 2.75) is 54.4 Å². The van der Waals surface area contributed by atoms with Crippen molar-refractivity contribution in [3.63, 3.8) is 0 Å². The molecule has 20 heavy (non-hydrogen) atoms. The van der Waals surface area contributed by atoms with E-state index in [1.165, 1.54) is 33.4 Å². The molecule has 0 amide bonds. The number of hydrogen-bond donors (Lipinski definition) is 0. The maximum absolute atomic E-state index is 6.35. The first-order chi connectivity index (χ1) is 8.67. The van der Waals surface area contributed by atoms with Gasteiger partial charge in [-0.1, -0.05) is 48.2 Å². The summed E-state index contributed by atoms with van der Waals surface area (Å²) < 4.78 is 0. The monoisotopic (exact) mass is 344 g/mol. The fourth-order valence-electron chi connectivity index (χ4n) is 3.95. The van der Waals surface area contributed by atoms with Crippen LogP contribution in [0.1, 0.15) is 54.4 Å². The van der Waals surface area contributed by atoms with Crippen LogP contribution < -0.4 is 0 Å². The molecular formula is C17H22Cl2Ti. The zero-order valence-electron chi connectivity index (χ0n) is 13.2. The minimum absolute atomic E-state index is 0. The summed E-state index contributed by atoms with van der Waals surface area (Å²) in [5.41, 5.74) is 8.07. The van der Waals surface area contributed by atoms with Gasteiger partial charge < -0.3 is 0 Å². The van der Waals surface area contributed by atoms with Gasteiger partial charge >= 0.3 is 0 Å². The van der Waals surface area contributed by atoms with Crippen LogP contribution >= 0.6 is 23.2 Å². The van der Waals surface area contributed by atoms with Gasteiger partial charge in [0.15, 0.2) is 0 Å². The third-order valence-electron chi connectivity index (χ3n) is 4.51. The molecule has 0 radical (unpaired) electrons. The Balaban J connectivity index is 0.00000200. The van der Waals surface area contributed by atoms with E-state index in [0.717, 1.165) is 22.9 Å². The number of hydrogen-bond acceptors (Lipinski definition) is 0. The van der Waals surface area contributed by atoms with Gasteiger partial charge in [0.05, 0.1) is 0 Å². The van der Waals surface area contributed by atoms with Gasteiger partial charge in [-0.3, -0.25) is 0 Å². The molecule has 0 heterocycles. The van der Waals surface area contributed by atoms with E-state index in [9.17, 15) is 0 Å². The van der Waals surface area contributed by atoms with Crippen molar-refractivity contribution in [2.24, 2.45) is 5.41 Å². The van der Waals surface area contributed by atoms with E-state index in [1.807, 2.05) is 0 Å². The van der Waals surface area contributed by atoms with Crippen molar-refractivity contribution in [3.8, 4) is 0 Å². The average molecular weight is 345 g/mol. The molecule has 2 aliphatic rings. The smallest absolute Gasteiger partial charge is 0.0253 e. The second kappa shape index (κ2) is 6.17. The molecule has 0 aliphatic heterocycles. The molecular weight excluding hydrogens is 323 g/mol. The molecule has 0 N–H and O–H groups in total. The molecule has 0 aromatic carbocycles. The van der Waals surface area contributed by atoms with E-state index in [2.05, 4.69) is 41.5 Å². The molecule has 0 aromatic heterocycles. The summed E-state index contributed by atoms with van der Waals surface area (Å²) in [5.74, 6) is 0. The molecule has 0 aromatic rings. The first kappa shape index (κ1) is 18.3. The van der Waals surface area contributed by atoms with Crippen molar-refractivity contribution in [1.82, 2.24) is 0 Å². The number of halogens is 2. The van der Waals surface area contributed by atoms with Crippen molar-refractivity contribution < 1.29 is 21.7 Å². The largest absolute Gasteiger partial charge is 0.0885 e. The quantitative estimate of drug-likeness (QED) is 0.503. The van der Waals surface area contributed by atoms with Crippen LogP contribution in [0.25, 0.3) is 0 Å². The first-order valence-electron chi connectivity index (χ1n) is 6.79. The Bertz CT molecular complexity index is 522. The van der Waals surface area contributed by atoms with Crippen LogP contribution in [0.3, 0.4) is 0 Å². The van der Waals surface area contributed by atoms with Gasteiger partial charge in [0.25, 0.3) is 0 Å². The standard InChI is InChI=1S/C17H22Cl2.Ti/c1-9-7-13(18)11(3)15(9)17(5,6)16-10(2)8-14(19)12(16)4;/h7-8H2,1-6H3;. The molecule has 2 aliphatic carbocycles. The van der Waals surface area contributed by atoms with Crippen LogP contribution in [0, 0.1) is 5.41 Å². The Morgan fingerprint density at radius 1 is 0.750 bits per heavy atom.